The Hall–Kier alpha value is -3.21. The van der Waals surface area contributed by atoms with Crippen LogP contribution in [0.15, 0.2) is 36.5 Å². The highest BCUT2D eigenvalue weighted by atomic mass is 16.6. The van der Waals surface area contributed by atoms with E-state index in [9.17, 15) is 14.9 Å². The Bertz CT molecular complexity index is 686. The van der Waals surface area contributed by atoms with Gasteiger partial charge in [-0.3, -0.25) is 20.2 Å². The largest absolute Gasteiger partial charge is 0.294 e. The average molecular weight is 257 g/mol. The van der Waals surface area contributed by atoms with Crippen molar-refractivity contribution in [3.63, 3.8) is 0 Å². The summed E-state index contributed by atoms with van der Waals surface area (Å²) in [6.07, 6.45) is 2.90. The highest BCUT2D eigenvalue weighted by Gasteiger charge is 2.16. The van der Waals surface area contributed by atoms with Crippen LogP contribution in [0.4, 0.5) is 5.69 Å². The second-order valence-electron chi connectivity index (χ2n) is 3.46. The van der Waals surface area contributed by atoms with Crippen LogP contribution in [0.5, 0.6) is 0 Å². The third-order valence-corrected chi connectivity index (χ3v) is 2.32. The molecule has 1 N–H and O–H groups in total. The lowest BCUT2D eigenvalue weighted by molar-refractivity contribution is -0.384. The maximum absolute atomic E-state index is 11.4. The molecular weight excluding hydrogens is 250 g/mol. The predicted octanol–water partition coefficient (Wildman–Crippen LogP) is 0.991. The number of nitriles is 1. The first-order valence-electron chi connectivity index (χ1n) is 5.12. The Balaban J connectivity index is 2.42. The van der Waals surface area contributed by atoms with E-state index in [1.54, 1.807) is 6.07 Å². The average Bonchev–Trinajstić information content (AvgIpc) is 2.88. The maximum Gasteiger partial charge on any atom is 0.294 e. The molecule has 94 valence electrons. The lowest BCUT2D eigenvalue weighted by Crippen LogP contribution is -2.18. The molecule has 1 aromatic heterocycles. The smallest absolute Gasteiger partial charge is 0.266 e. The Morgan fingerprint density at radius 3 is 2.84 bits per heavy atom. The normalized spacial score (nSPS) is 9.63. The molecule has 8 heteroatoms. The van der Waals surface area contributed by atoms with Gasteiger partial charge in [-0.2, -0.15) is 10.4 Å². The summed E-state index contributed by atoms with van der Waals surface area (Å²) in [7, 11) is 0. The Morgan fingerprint density at radius 1 is 1.42 bits per heavy atom. The first-order chi connectivity index (χ1) is 9.13. The second-order valence-corrected chi connectivity index (χ2v) is 3.46. The summed E-state index contributed by atoms with van der Waals surface area (Å²) in [5.41, 5.74) is 0.112. The van der Waals surface area contributed by atoms with E-state index >= 15 is 0 Å². The molecule has 8 nitrogen and oxygen atoms in total. The molecule has 0 aliphatic carbocycles. The monoisotopic (exact) mass is 257 g/mol. The zero-order chi connectivity index (χ0) is 13.8. The molecule has 19 heavy (non-hydrogen) atoms. The van der Waals surface area contributed by atoms with Gasteiger partial charge in [0.25, 0.3) is 11.6 Å². The van der Waals surface area contributed by atoms with Gasteiger partial charge >= 0.3 is 0 Å². The summed E-state index contributed by atoms with van der Waals surface area (Å²) >= 11 is 0. The van der Waals surface area contributed by atoms with Gasteiger partial charge in [0.2, 0.25) is 0 Å². The van der Waals surface area contributed by atoms with Crippen LogP contribution in [0.2, 0.25) is 0 Å². The number of aromatic nitrogens is 2. The Labute approximate surface area is 107 Å². The van der Waals surface area contributed by atoms with Crippen molar-refractivity contribution in [2.75, 3.05) is 0 Å². The number of nitro groups is 1. The summed E-state index contributed by atoms with van der Waals surface area (Å²) in [6.45, 7) is 0. The van der Waals surface area contributed by atoms with Crippen LogP contribution in [0.3, 0.4) is 0 Å². The van der Waals surface area contributed by atoms with Crippen LogP contribution in [-0.2, 0) is 0 Å². The molecule has 1 aromatic carbocycles. The standard InChI is InChI=1S/C11H7N5O3/c12-7-13-11(17)8-5-6-15(14-8)9-3-1-2-4-10(9)16(18)19/h1-6H,(H,13,17). The minimum absolute atomic E-state index is 0.000277. The number of rotatable bonds is 3. The van der Waals surface area contributed by atoms with Gasteiger partial charge in [0, 0.05) is 12.3 Å². The van der Waals surface area contributed by atoms with Gasteiger partial charge in [0.05, 0.1) is 4.92 Å². The molecule has 0 fully saturated rings. The van der Waals surface area contributed by atoms with Crippen LogP contribution in [-0.4, -0.2) is 20.6 Å². The van der Waals surface area contributed by atoms with Crippen molar-refractivity contribution in [1.29, 1.82) is 5.26 Å². The summed E-state index contributed by atoms with van der Waals surface area (Å²) in [6, 6.07) is 7.38. The number of nitrogens with one attached hydrogen (secondary N) is 1. The second kappa shape index (κ2) is 4.97. The van der Waals surface area contributed by atoms with Crippen LogP contribution in [0, 0.1) is 21.6 Å². The number of nitro benzene ring substituents is 1. The summed E-state index contributed by atoms with van der Waals surface area (Å²) < 4.78 is 1.21. The number of nitrogens with zero attached hydrogens (tertiary/aromatic N) is 4. The molecule has 0 atom stereocenters. The van der Waals surface area contributed by atoms with Crippen LogP contribution >= 0.6 is 0 Å². The number of benzene rings is 1. The Morgan fingerprint density at radius 2 is 2.16 bits per heavy atom. The Kier molecular flexibility index (Phi) is 3.20. The number of para-hydroxylation sites is 2. The first kappa shape index (κ1) is 12.3. The number of carbonyl (C=O) groups is 1. The third-order valence-electron chi connectivity index (χ3n) is 2.32. The van der Waals surface area contributed by atoms with Crippen LogP contribution in [0.25, 0.3) is 5.69 Å². The zero-order valence-electron chi connectivity index (χ0n) is 9.48. The molecule has 0 radical (unpaired) electrons. The summed E-state index contributed by atoms with van der Waals surface area (Å²) in [5.74, 6) is -0.667. The summed E-state index contributed by atoms with van der Waals surface area (Å²) in [5, 5.41) is 25.0. The van der Waals surface area contributed by atoms with E-state index in [2.05, 4.69) is 5.10 Å². The van der Waals surface area contributed by atoms with Crippen molar-refractivity contribution in [2.45, 2.75) is 0 Å². The molecular formula is C11H7N5O3. The highest BCUT2D eigenvalue weighted by molar-refractivity contribution is 5.93. The van der Waals surface area contributed by atoms with Gasteiger partial charge in [-0.1, -0.05) is 12.1 Å². The molecule has 0 aliphatic heterocycles. The van der Waals surface area contributed by atoms with Crippen molar-refractivity contribution in [3.05, 3.63) is 52.3 Å². The predicted molar refractivity (Wildman–Crippen MR) is 63.3 cm³/mol. The molecule has 1 heterocycles. The van der Waals surface area contributed by atoms with E-state index < -0.39 is 10.8 Å². The lowest BCUT2D eigenvalue weighted by atomic mass is 10.3. The maximum atomic E-state index is 11.4. The van der Waals surface area contributed by atoms with Crippen molar-refractivity contribution in [3.8, 4) is 11.9 Å². The summed E-state index contributed by atoms with van der Waals surface area (Å²) in [4.78, 5) is 21.7. The molecule has 0 spiro atoms. The SMILES string of the molecule is N#CNC(=O)c1ccn(-c2ccccc2[N+](=O)[O-])n1. The number of amides is 1. The van der Waals surface area contributed by atoms with Gasteiger partial charge < -0.3 is 0 Å². The topological polar surface area (TPSA) is 114 Å². The van der Waals surface area contributed by atoms with E-state index in [0.29, 0.717) is 0 Å². The van der Waals surface area contributed by atoms with Gasteiger partial charge in [0.15, 0.2) is 11.9 Å². The van der Waals surface area contributed by atoms with Gasteiger partial charge in [0.1, 0.15) is 5.69 Å². The van der Waals surface area contributed by atoms with E-state index in [1.807, 2.05) is 5.32 Å². The fraction of sp³-hybridized carbons (Fsp3) is 0. The van der Waals surface area contributed by atoms with E-state index in [0.717, 1.165) is 0 Å². The first-order valence-corrected chi connectivity index (χ1v) is 5.12. The lowest BCUT2D eigenvalue weighted by Gasteiger charge is -2.01. The van der Waals surface area contributed by atoms with Crippen LogP contribution < -0.4 is 5.32 Å². The zero-order valence-corrected chi connectivity index (χ0v) is 9.48. The number of hydrogen-bond donors (Lipinski definition) is 1. The van der Waals surface area contributed by atoms with Crippen molar-refractivity contribution < 1.29 is 9.72 Å². The van der Waals surface area contributed by atoms with E-state index in [-0.39, 0.29) is 17.1 Å². The molecule has 0 saturated heterocycles. The highest BCUT2D eigenvalue weighted by Crippen LogP contribution is 2.21. The van der Waals surface area contributed by atoms with Gasteiger partial charge in [-0.15, -0.1) is 0 Å². The molecule has 2 aromatic rings. The molecule has 0 aliphatic rings. The van der Waals surface area contributed by atoms with E-state index in [4.69, 9.17) is 5.26 Å². The van der Waals surface area contributed by atoms with Crippen LogP contribution in [0.1, 0.15) is 10.5 Å². The molecule has 1 amide bonds. The minimum Gasteiger partial charge on any atom is -0.266 e. The number of carbonyl (C=O) groups excluding carboxylic acids is 1. The molecule has 0 saturated carbocycles. The fourth-order valence-corrected chi connectivity index (χ4v) is 1.51. The van der Waals surface area contributed by atoms with Crippen molar-refractivity contribution in [2.24, 2.45) is 0 Å². The quantitative estimate of drug-likeness (QED) is 0.381. The van der Waals surface area contributed by atoms with Crippen molar-refractivity contribution >= 4 is 11.6 Å². The molecule has 0 bridgehead atoms. The van der Waals surface area contributed by atoms with E-state index in [1.165, 1.54) is 41.3 Å². The molecule has 0 unspecified atom stereocenters. The third kappa shape index (κ3) is 2.39. The minimum atomic E-state index is -0.667. The fourth-order valence-electron chi connectivity index (χ4n) is 1.51. The van der Waals surface area contributed by atoms with Crippen molar-refractivity contribution in [1.82, 2.24) is 15.1 Å². The molecule has 2 rings (SSSR count). The van der Waals surface area contributed by atoms with Gasteiger partial charge in [-0.25, -0.2) is 4.68 Å². The number of hydrogen-bond acceptors (Lipinski definition) is 5. The van der Waals surface area contributed by atoms with Gasteiger partial charge in [-0.05, 0) is 12.1 Å².